The van der Waals surface area contributed by atoms with Crippen LogP contribution >= 0.6 is 0 Å². The van der Waals surface area contributed by atoms with E-state index in [0.717, 1.165) is 12.1 Å². The van der Waals surface area contributed by atoms with Crippen LogP contribution in [0.2, 0.25) is 0 Å². The Hall–Kier alpha value is -1.92. The standard InChI is InChI=1S/C13H15F3N2O2/c1-7-5-11(18-12(19)20-2)9-6-8(13(14,15)16)3-4-10(9)17-7/h3-4,6-7,11,17H,5H2,1-2H3,(H,18,19)/t7-,11+/m0/s1. The van der Waals surface area contributed by atoms with E-state index in [9.17, 15) is 18.0 Å². The number of methoxy groups -OCH3 is 1. The highest BCUT2D eigenvalue weighted by Crippen LogP contribution is 2.37. The maximum Gasteiger partial charge on any atom is 0.416 e. The van der Waals surface area contributed by atoms with Gasteiger partial charge in [0.05, 0.1) is 18.7 Å². The number of fused-ring (bicyclic) bond motifs is 1. The number of amides is 1. The molecule has 1 aliphatic rings. The third-order valence-electron chi connectivity index (χ3n) is 3.22. The first-order chi connectivity index (χ1) is 9.31. The molecule has 110 valence electrons. The first-order valence-electron chi connectivity index (χ1n) is 6.13. The number of hydrogen-bond acceptors (Lipinski definition) is 3. The fourth-order valence-electron chi connectivity index (χ4n) is 2.30. The van der Waals surface area contributed by atoms with Crippen molar-refractivity contribution in [3.8, 4) is 0 Å². The molecular weight excluding hydrogens is 273 g/mol. The molecule has 0 saturated heterocycles. The van der Waals surface area contributed by atoms with Gasteiger partial charge in [-0.25, -0.2) is 4.79 Å². The van der Waals surface area contributed by atoms with Crippen molar-refractivity contribution in [1.82, 2.24) is 5.32 Å². The number of alkyl halides is 3. The van der Waals surface area contributed by atoms with E-state index in [1.165, 1.54) is 13.2 Å². The van der Waals surface area contributed by atoms with Gasteiger partial charge >= 0.3 is 12.3 Å². The zero-order chi connectivity index (χ0) is 14.9. The molecule has 1 aromatic rings. The Morgan fingerprint density at radius 2 is 2.15 bits per heavy atom. The summed E-state index contributed by atoms with van der Waals surface area (Å²) in [7, 11) is 1.22. The van der Waals surface area contributed by atoms with E-state index in [2.05, 4.69) is 15.4 Å². The molecule has 2 N–H and O–H groups in total. The van der Waals surface area contributed by atoms with Crippen molar-refractivity contribution in [3.63, 3.8) is 0 Å². The van der Waals surface area contributed by atoms with Crippen molar-refractivity contribution in [2.75, 3.05) is 12.4 Å². The van der Waals surface area contributed by atoms with Gasteiger partial charge in [-0.3, -0.25) is 0 Å². The second-order valence-corrected chi connectivity index (χ2v) is 4.77. The molecule has 0 radical (unpaired) electrons. The van der Waals surface area contributed by atoms with Gasteiger partial charge in [0.15, 0.2) is 0 Å². The first kappa shape index (κ1) is 14.5. The maximum atomic E-state index is 12.8. The predicted octanol–water partition coefficient (Wildman–Crippen LogP) is 3.31. The van der Waals surface area contributed by atoms with Crippen LogP contribution in [-0.4, -0.2) is 19.2 Å². The molecule has 0 saturated carbocycles. The fourth-order valence-corrected chi connectivity index (χ4v) is 2.30. The van der Waals surface area contributed by atoms with Crippen LogP contribution in [0, 0.1) is 0 Å². The Morgan fingerprint density at radius 3 is 2.75 bits per heavy atom. The average Bonchev–Trinajstić information content (AvgIpc) is 2.36. The summed E-state index contributed by atoms with van der Waals surface area (Å²) >= 11 is 0. The third-order valence-corrected chi connectivity index (χ3v) is 3.22. The Labute approximate surface area is 114 Å². The van der Waals surface area contributed by atoms with Gasteiger partial charge in [0.25, 0.3) is 0 Å². The van der Waals surface area contributed by atoms with E-state index in [1.54, 1.807) is 0 Å². The Bertz CT molecular complexity index is 517. The number of hydrogen-bond donors (Lipinski definition) is 2. The van der Waals surface area contributed by atoms with Crippen molar-refractivity contribution in [2.24, 2.45) is 0 Å². The number of anilines is 1. The van der Waals surface area contributed by atoms with Gasteiger partial charge in [0.1, 0.15) is 0 Å². The summed E-state index contributed by atoms with van der Waals surface area (Å²) in [6.45, 7) is 1.90. The molecule has 0 spiro atoms. The molecule has 0 aromatic heterocycles. The minimum atomic E-state index is -4.41. The normalized spacial score (nSPS) is 21.6. The molecule has 4 nitrogen and oxygen atoms in total. The van der Waals surface area contributed by atoms with Gasteiger partial charge in [-0.15, -0.1) is 0 Å². The molecule has 1 amide bonds. The van der Waals surface area contributed by atoms with Crippen LogP contribution in [0.15, 0.2) is 18.2 Å². The van der Waals surface area contributed by atoms with E-state index >= 15 is 0 Å². The number of halogens is 3. The van der Waals surface area contributed by atoms with E-state index in [1.807, 2.05) is 6.92 Å². The molecule has 1 heterocycles. The van der Waals surface area contributed by atoms with Crippen molar-refractivity contribution in [1.29, 1.82) is 0 Å². The minimum absolute atomic E-state index is 0.0430. The average molecular weight is 288 g/mol. The van der Waals surface area contributed by atoms with Crippen LogP contribution in [0.4, 0.5) is 23.7 Å². The second kappa shape index (κ2) is 5.22. The van der Waals surface area contributed by atoms with Crippen LogP contribution in [-0.2, 0) is 10.9 Å². The Kier molecular flexibility index (Phi) is 3.78. The lowest BCUT2D eigenvalue weighted by Crippen LogP contribution is -2.36. The van der Waals surface area contributed by atoms with Crippen LogP contribution in [0.1, 0.15) is 30.5 Å². The fraction of sp³-hybridized carbons (Fsp3) is 0.462. The van der Waals surface area contributed by atoms with E-state index in [0.29, 0.717) is 17.7 Å². The summed E-state index contributed by atoms with van der Waals surface area (Å²) < 4.78 is 42.8. The van der Waals surface area contributed by atoms with Crippen molar-refractivity contribution in [2.45, 2.75) is 31.6 Å². The molecule has 1 aliphatic heterocycles. The first-order valence-corrected chi connectivity index (χ1v) is 6.13. The van der Waals surface area contributed by atoms with E-state index in [-0.39, 0.29) is 6.04 Å². The Balaban J connectivity index is 2.37. The number of ether oxygens (including phenoxy) is 1. The second-order valence-electron chi connectivity index (χ2n) is 4.77. The summed E-state index contributed by atoms with van der Waals surface area (Å²) in [6.07, 6.45) is -4.58. The number of alkyl carbamates (subject to hydrolysis) is 1. The van der Waals surface area contributed by atoms with Crippen LogP contribution in [0.3, 0.4) is 0 Å². The van der Waals surface area contributed by atoms with Gasteiger partial charge in [0, 0.05) is 11.7 Å². The molecule has 2 atom stereocenters. The lowest BCUT2D eigenvalue weighted by Gasteiger charge is -2.32. The summed E-state index contributed by atoms with van der Waals surface area (Å²) in [4.78, 5) is 11.3. The molecule has 0 unspecified atom stereocenters. The molecule has 20 heavy (non-hydrogen) atoms. The predicted molar refractivity (Wildman–Crippen MR) is 67.4 cm³/mol. The van der Waals surface area contributed by atoms with Crippen LogP contribution < -0.4 is 10.6 Å². The van der Waals surface area contributed by atoms with Gasteiger partial charge < -0.3 is 15.4 Å². The number of rotatable bonds is 1. The Morgan fingerprint density at radius 1 is 1.45 bits per heavy atom. The molecule has 1 aromatic carbocycles. The molecular formula is C13H15F3N2O2. The van der Waals surface area contributed by atoms with Gasteiger partial charge in [-0.1, -0.05) is 0 Å². The summed E-state index contributed by atoms with van der Waals surface area (Å²) in [5.74, 6) is 0. The van der Waals surface area contributed by atoms with Gasteiger partial charge in [0.2, 0.25) is 0 Å². The van der Waals surface area contributed by atoms with Gasteiger partial charge in [-0.2, -0.15) is 13.2 Å². The van der Waals surface area contributed by atoms with E-state index < -0.39 is 23.9 Å². The van der Waals surface area contributed by atoms with Crippen LogP contribution in [0.25, 0.3) is 0 Å². The highest BCUT2D eigenvalue weighted by atomic mass is 19.4. The number of carbonyl (C=O) groups is 1. The molecule has 7 heteroatoms. The quantitative estimate of drug-likeness (QED) is 0.833. The van der Waals surface area contributed by atoms with E-state index in [4.69, 9.17) is 0 Å². The number of benzene rings is 1. The summed E-state index contributed by atoms with van der Waals surface area (Å²) in [5, 5.41) is 5.67. The minimum Gasteiger partial charge on any atom is -0.453 e. The third kappa shape index (κ3) is 2.97. The number of nitrogens with one attached hydrogen (secondary N) is 2. The largest absolute Gasteiger partial charge is 0.453 e. The topological polar surface area (TPSA) is 50.4 Å². The SMILES string of the molecule is COC(=O)N[C@@H]1C[C@H](C)Nc2ccc(C(F)(F)F)cc21. The van der Waals surface area contributed by atoms with Crippen molar-refractivity contribution < 1.29 is 22.7 Å². The van der Waals surface area contributed by atoms with Gasteiger partial charge in [-0.05, 0) is 37.1 Å². The lowest BCUT2D eigenvalue weighted by molar-refractivity contribution is -0.137. The molecule has 2 rings (SSSR count). The zero-order valence-corrected chi connectivity index (χ0v) is 11.0. The van der Waals surface area contributed by atoms with Crippen LogP contribution in [0.5, 0.6) is 0 Å². The molecule has 0 bridgehead atoms. The summed E-state index contributed by atoms with van der Waals surface area (Å²) in [5.41, 5.74) is 0.283. The lowest BCUT2D eigenvalue weighted by atomic mass is 9.92. The highest BCUT2D eigenvalue weighted by Gasteiger charge is 2.33. The highest BCUT2D eigenvalue weighted by molar-refractivity contribution is 5.69. The zero-order valence-electron chi connectivity index (χ0n) is 11.0. The van der Waals surface area contributed by atoms with Crippen molar-refractivity contribution in [3.05, 3.63) is 29.3 Å². The maximum absolute atomic E-state index is 12.8. The molecule has 0 fully saturated rings. The van der Waals surface area contributed by atoms with Crippen molar-refractivity contribution >= 4 is 11.8 Å². The number of carbonyl (C=O) groups excluding carboxylic acids is 1. The monoisotopic (exact) mass is 288 g/mol. The smallest absolute Gasteiger partial charge is 0.416 e. The summed E-state index contributed by atoms with van der Waals surface area (Å²) in [6, 6.07) is 3.02. The molecule has 0 aliphatic carbocycles.